The van der Waals surface area contributed by atoms with E-state index in [1.807, 2.05) is 20.8 Å². The highest BCUT2D eigenvalue weighted by atomic mass is 35.5. The van der Waals surface area contributed by atoms with Gasteiger partial charge in [0.05, 0.1) is 11.9 Å². The van der Waals surface area contributed by atoms with Crippen LogP contribution in [0, 0.1) is 0 Å². The van der Waals surface area contributed by atoms with Crippen LogP contribution in [0.4, 0.5) is 0 Å². The Balaban J connectivity index is 2.96. The number of rotatable bonds is 3. The lowest BCUT2D eigenvalue weighted by atomic mass is 10.2. The fourth-order valence-electron chi connectivity index (χ4n) is 1.05. The lowest BCUT2D eigenvalue weighted by molar-refractivity contribution is 0.414. The van der Waals surface area contributed by atoms with Crippen molar-refractivity contribution in [1.29, 1.82) is 0 Å². The van der Waals surface area contributed by atoms with Gasteiger partial charge < -0.3 is 4.74 Å². The second kappa shape index (κ2) is 5.65. The van der Waals surface area contributed by atoms with Crippen LogP contribution in [0.5, 0.6) is 5.75 Å². The van der Waals surface area contributed by atoms with E-state index in [-0.39, 0.29) is 4.75 Å². The van der Waals surface area contributed by atoms with E-state index in [1.54, 1.807) is 31.5 Å². The highest BCUT2D eigenvalue weighted by Crippen LogP contribution is 2.22. The molecular formula is C12H16ClNO2S. The fourth-order valence-corrected chi connectivity index (χ4v) is 1.74. The van der Waals surface area contributed by atoms with Crippen molar-refractivity contribution in [2.24, 2.45) is 4.40 Å². The normalized spacial score (nSPS) is 13.9. The average Bonchev–Trinajstić information content (AvgIpc) is 2.25. The largest absolute Gasteiger partial charge is 0.496 e. The summed E-state index contributed by atoms with van der Waals surface area (Å²) in [5.41, 5.74) is 0.759. The number of benzene rings is 1. The van der Waals surface area contributed by atoms with E-state index in [2.05, 4.69) is 4.40 Å². The van der Waals surface area contributed by atoms with E-state index in [1.165, 1.54) is 0 Å². The molecule has 0 aliphatic carbocycles. The highest BCUT2D eigenvalue weighted by Gasteiger charge is 2.18. The van der Waals surface area contributed by atoms with Gasteiger partial charge in [-0.3, -0.25) is 0 Å². The van der Waals surface area contributed by atoms with Crippen LogP contribution >= 0.6 is 11.6 Å². The molecule has 17 heavy (non-hydrogen) atoms. The van der Waals surface area contributed by atoms with E-state index >= 15 is 0 Å². The van der Waals surface area contributed by atoms with Gasteiger partial charge in [-0.1, -0.05) is 11.6 Å². The molecule has 0 N–H and O–H groups in total. The Kier molecular flexibility index (Phi) is 4.71. The summed E-state index contributed by atoms with van der Waals surface area (Å²) < 4.78 is 20.6. The van der Waals surface area contributed by atoms with Crippen LogP contribution in [0.2, 0.25) is 5.02 Å². The summed E-state index contributed by atoms with van der Waals surface area (Å²) in [6, 6.07) is 5.22. The molecular weight excluding hydrogens is 258 g/mol. The van der Waals surface area contributed by atoms with Crippen LogP contribution in [0.1, 0.15) is 26.3 Å². The molecule has 1 atom stereocenters. The number of methoxy groups -OCH3 is 1. The van der Waals surface area contributed by atoms with Crippen molar-refractivity contribution in [3.05, 3.63) is 28.8 Å². The first-order valence-corrected chi connectivity index (χ1v) is 6.62. The number of hydrogen-bond donors (Lipinski definition) is 0. The molecule has 0 fully saturated rings. The molecule has 0 unspecified atom stereocenters. The van der Waals surface area contributed by atoms with E-state index in [4.69, 9.17) is 16.3 Å². The summed E-state index contributed by atoms with van der Waals surface area (Å²) >= 11 is 5.85. The van der Waals surface area contributed by atoms with Crippen molar-refractivity contribution in [1.82, 2.24) is 0 Å². The first-order chi connectivity index (χ1) is 7.84. The van der Waals surface area contributed by atoms with Gasteiger partial charge in [-0.05, 0) is 39.0 Å². The minimum absolute atomic E-state index is 0.365. The monoisotopic (exact) mass is 273 g/mol. The minimum Gasteiger partial charge on any atom is -0.496 e. The molecule has 0 aromatic heterocycles. The molecule has 1 aromatic carbocycles. The van der Waals surface area contributed by atoms with Crippen LogP contribution in [0.15, 0.2) is 22.6 Å². The topological polar surface area (TPSA) is 38.7 Å². The second-order valence-corrected chi connectivity index (χ2v) is 6.85. The van der Waals surface area contributed by atoms with Gasteiger partial charge in [0.1, 0.15) is 16.7 Å². The van der Waals surface area contributed by atoms with Crippen LogP contribution in [-0.4, -0.2) is 22.3 Å². The third-order valence-electron chi connectivity index (χ3n) is 2.01. The molecule has 0 bridgehead atoms. The summed E-state index contributed by atoms with van der Waals surface area (Å²) in [7, 11) is 0.287. The predicted molar refractivity (Wildman–Crippen MR) is 73.5 cm³/mol. The molecule has 0 radical (unpaired) electrons. The molecule has 0 amide bonds. The average molecular weight is 274 g/mol. The molecule has 0 spiro atoms. The predicted octanol–water partition coefficient (Wildman–Crippen LogP) is 3.23. The van der Waals surface area contributed by atoms with Crippen molar-refractivity contribution in [2.45, 2.75) is 25.5 Å². The van der Waals surface area contributed by atoms with Gasteiger partial charge in [-0.25, -0.2) is 4.21 Å². The molecule has 0 aliphatic rings. The third kappa shape index (κ3) is 4.13. The lowest BCUT2D eigenvalue weighted by Crippen LogP contribution is -2.19. The molecule has 1 aromatic rings. The molecule has 3 nitrogen and oxygen atoms in total. The van der Waals surface area contributed by atoms with Crippen LogP contribution in [-0.2, 0) is 11.0 Å². The number of hydrogen-bond acceptors (Lipinski definition) is 2. The van der Waals surface area contributed by atoms with Gasteiger partial charge in [0.2, 0.25) is 0 Å². The minimum atomic E-state index is -1.27. The molecule has 0 saturated heterocycles. The number of ether oxygens (including phenoxy) is 1. The fraction of sp³-hybridized carbons (Fsp3) is 0.417. The van der Waals surface area contributed by atoms with Gasteiger partial charge in [-0.2, -0.15) is 4.40 Å². The Morgan fingerprint density at radius 1 is 1.41 bits per heavy atom. The molecule has 0 aliphatic heterocycles. The van der Waals surface area contributed by atoms with Crippen molar-refractivity contribution in [2.75, 3.05) is 7.11 Å². The zero-order valence-corrected chi connectivity index (χ0v) is 11.9. The number of nitrogens with zero attached hydrogens (tertiary/aromatic N) is 1. The second-order valence-electron chi connectivity index (χ2n) is 4.48. The quantitative estimate of drug-likeness (QED) is 0.793. The van der Waals surface area contributed by atoms with E-state index in [9.17, 15) is 4.21 Å². The summed E-state index contributed by atoms with van der Waals surface area (Å²) in [6.07, 6.45) is 1.55. The van der Waals surface area contributed by atoms with Gasteiger partial charge >= 0.3 is 0 Å². The van der Waals surface area contributed by atoms with Gasteiger partial charge in [-0.15, -0.1) is 0 Å². The highest BCUT2D eigenvalue weighted by molar-refractivity contribution is 7.85. The van der Waals surface area contributed by atoms with E-state index < -0.39 is 11.0 Å². The zero-order chi connectivity index (χ0) is 13.1. The Morgan fingerprint density at radius 2 is 2.06 bits per heavy atom. The molecule has 0 heterocycles. The lowest BCUT2D eigenvalue weighted by Gasteiger charge is -2.13. The maximum Gasteiger partial charge on any atom is 0.144 e. The SMILES string of the molecule is COc1cc(Cl)ccc1/C=N/[S@](=O)C(C)(C)C. The Labute approximate surface area is 109 Å². The van der Waals surface area contributed by atoms with Crippen molar-refractivity contribution in [3.63, 3.8) is 0 Å². The van der Waals surface area contributed by atoms with Crippen LogP contribution < -0.4 is 4.74 Å². The van der Waals surface area contributed by atoms with E-state index in [0.29, 0.717) is 10.8 Å². The van der Waals surface area contributed by atoms with E-state index in [0.717, 1.165) is 5.56 Å². The summed E-state index contributed by atoms with van der Waals surface area (Å²) in [5.74, 6) is 0.618. The smallest absolute Gasteiger partial charge is 0.144 e. The van der Waals surface area contributed by atoms with Crippen LogP contribution in [0.3, 0.4) is 0 Å². The van der Waals surface area contributed by atoms with Gasteiger partial charge in [0, 0.05) is 16.8 Å². The Morgan fingerprint density at radius 3 is 2.59 bits per heavy atom. The van der Waals surface area contributed by atoms with Gasteiger partial charge in [0.25, 0.3) is 0 Å². The molecule has 0 saturated carbocycles. The first-order valence-electron chi connectivity index (χ1n) is 5.14. The summed E-state index contributed by atoms with van der Waals surface area (Å²) in [4.78, 5) is 0. The maximum absolute atomic E-state index is 11.8. The maximum atomic E-state index is 11.8. The zero-order valence-electron chi connectivity index (χ0n) is 10.4. The van der Waals surface area contributed by atoms with Crippen molar-refractivity contribution < 1.29 is 8.95 Å². The molecule has 94 valence electrons. The Bertz CT molecular complexity index is 452. The van der Waals surface area contributed by atoms with Gasteiger partial charge in [0.15, 0.2) is 0 Å². The van der Waals surface area contributed by atoms with Crippen molar-refractivity contribution in [3.8, 4) is 5.75 Å². The molecule has 1 rings (SSSR count). The number of halogens is 1. The first kappa shape index (κ1) is 14.2. The third-order valence-corrected chi connectivity index (χ3v) is 3.59. The summed E-state index contributed by atoms with van der Waals surface area (Å²) in [5, 5.41) is 0.593. The molecule has 5 heteroatoms. The van der Waals surface area contributed by atoms with Crippen molar-refractivity contribution >= 4 is 28.8 Å². The van der Waals surface area contributed by atoms with Crippen LogP contribution in [0.25, 0.3) is 0 Å². The standard InChI is InChI=1S/C12H16ClNO2S/c1-12(2,3)17(15)14-8-9-5-6-10(13)7-11(9)16-4/h5-8H,1-4H3/b14-8+/t17-/m1/s1. The summed E-state index contributed by atoms with van der Waals surface area (Å²) in [6.45, 7) is 5.62. The Hall–Kier alpha value is -0.870.